The Balaban J connectivity index is 1.55. The Hall–Kier alpha value is -3.72. The van der Waals surface area contributed by atoms with E-state index in [9.17, 15) is 4.79 Å². The number of nitrogens with zero attached hydrogens (tertiary/aromatic N) is 6. The fourth-order valence-electron chi connectivity index (χ4n) is 3.20. The number of aryl methyl sites for hydroxylation is 1. The van der Waals surface area contributed by atoms with Crippen LogP contribution in [0.2, 0.25) is 5.02 Å². The molecule has 158 valence electrons. The molecular formula is C21H20ClN7O2. The highest BCUT2D eigenvalue weighted by Crippen LogP contribution is 2.29. The van der Waals surface area contributed by atoms with Crippen LogP contribution in [0.4, 0.5) is 0 Å². The maximum atomic E-state index is 12.9. The zero-order valence-corrected chi connectivity index (χ0v) is 17.7. The van der Waals surface area contributed by atoms with Gasteiger partial charge in [0.25, 0.3) is 0 Å². The molecule has 4 aromatic rings. The lowest BCUT2D eigenvalue weighted by Crippen LogP contribution is -2.34. The van der Waals surface area contributed by atoms with Crippen LogP contribution in [-0.4, -0.2) is 42.8 Å². The number of benzene rings is 2. The molecular weight excluding hydrogens is 418 g/mol. The summed E-state index contributed by atoms with van der Waals surface area (Å²) in [5.41, 5.74) is 1.55. The third kappa shape index (κ3) is 4.56. The number of hydrogen-bond acceptors (Lipinski definition) is 6. The van der Waals surface area contributed by atoms with Gasteiger partial charge in [0.1, 0.15) is 24.2 Å². The lowest BCUT2D eigenvalue weighted by molar-refractivity contribution is -0.122. The zero-order chi connectivity index (χ0) is 21.8. The first-order chi connectivity index (χ1) is 15.0. The summed E-state index contributed by atoms with van der Waals surface area (Å²) in [7, 11) is 3.46. The average molecular weight is 438 g/mol. The summed E-state index contributed by atoms with van der Waals surface area (Å²) >= 11 is 5.92. The first-order valence-electron chi connectivity index (χ1n) is 9.48. The molecule has 2 aromatic heterocycles. The number of carbonyl (C=O) groups is 1. The minimum Gasteiger partial charge on any atom is -0.496 e. The Labute approximate surface area is 183 Å². The minimum atomic E-state index is -0.511. The van der Waals surface area contributed by atoms with E-state index in [1.165, 1.54) is 4.80 Å². The summed E-state index contributed by atoms with van der Waals surface area (Å²) in [6.07, 6.45) is 3.50. The normalized spacial score (nSPS) is 11.8. The van der Waals surface area contributed by atoms with Crippen molar-refractivity contribution in [2.75, 3.05) is 7.11 Å². The zero-order valence-electron chi connectivity index (χ0n) is 16.9. The Morgan fingerprint density at radius 2 is 1.97 bits per heavy atom. The summed E-state index contributed by atoms with van der Waals surface area (Å²) in [5.74, 6) is 1.44. The van der Waals surface area contributed by atoms with Crippen molar-refractivity contribution in [3.63, 3.8) is 0 Å². The highest BCUT2D eigenvalue weighted by molar-refractivity contribution is 6.30. The molecule has 2 aromatic carbocycles. The first kappa shape index (κ1) is 20.5. The number of ether oxygens (including phenoxy) is 1. The monoisotopic (exact) mass is 437 g/mol. The van der Waals surface area contributed by atoms with Crippen molar-refractivity contribution in [1.82, 2.24) is 35.1 Å². The van der Waals surface area contributed by atoms with Crippen LogP contribution in [0.3, 0.4) is 0 Å². The fourth-order valence-corrected chi connectivity index (χ4v) is 3.33. The van der Waals surface area contributed by atoms with E-state index in [0.717, 1.165) is 11.1 Å². The van der Waals surface area contributed by atoms with Crippen LogP contribution in [0.25, 0.3) is 11.4 Å². The van der Waals surface area contributed by atoms with Gasteiger partial charge in [0, 0.05) is 35.6 Å². The highest BCUT2D eigenvalue weighted by Gasteiger charge is 2.24. The predicted molar refractivity (Wildman–Crippen MR) is 114 cm³/mol. The standard InChI is InChI=1S/C21H20ClN7O2/c1-28-12-11-23-21(28)19(16-5-3-4-6-17(16)31-2)24-18(30)13-29-26-20(25-27-29)14-7-9-15(22)10-8-14/h3-12,19H,13H2,1-2H3,(H,24,30). The number of halogens is 1. The quantitative estimate of drug-likeness (QED) is 0.477. The number of rotatable bonds is 7. The Kier molecular flexibility index (Phi) is 5.94. The average Bonchev–Trinajstić information content (AvgIpc) is 3.41. The highest BCUT2D eigenvalue weighted by atomic mass is 35.5. The van der Waals surface area contributed by atoms with Gasteiger partial charge in [0.05, 0.1) is 7.11 Å². The molecule has 1 amide bonds. The summed E-state index contributed by atoms with van der Waals surface area (Å²) in [6.45, 7) is -0.101. The molecule has 10 heteroatoms. The van der Waals surface area contributed by atoms with Crippen LogP contribution in [0, 0.1) is 0 Å². The van der Waals surface area contributed by atoms with Crippen LogP contribution in [-0.2, 0) is 18.4 Å². The maximum absolute atomic E-state index is 12.9. The number of amides is 1. The van der Waals surface area contributed by atoms with Crippen molar-refractivity contribution in [3.8, 4) is 17.1 Å². The number of tetrazole rings is 1. The van der Waals surface area contributed by atoms with Gasteiger partial charge in [-0.15, -0.1) is 10.2 Å². The molecule has 1 N–H and O–H groups in total. The van der Waals surface area contributed by atoms with Crippen LogP contribution in [0.15, 0.2) is 60.9 Å². The molecule has 0 saturated carbocycles. The molecule has 1 unspecified atom stereocenters. The Bertz CT molecular complexity index is 1190. The molecule has 0 bridgehead atoms. The van der Waals surface area contributed by atoms with E-state index in [1.807, 2.05) is 42.1 Å². The summed E-state index contributed by atoms with van der Waals surface area (Å²) in [4.78, 5) is 18.5. The molecule has 1 atom stereocenters. The second kappa shape index (κ2) is 8.97. The number of para-hydroxylation sites is 1. The van der Waals surface area contributed by atoms with E-state index in [2.05, 4.69) is 25.7 Å². The van der Waals surface area contributed by atoms with E-state index in [0.29, 0.717) is 22.4 Å². The molecule has 31 heavy (non-hydrogen) atoms. The van der Waals surface area contributed by atoms with E-state index in [1.54, 1.807) is 37.6 Å². The van der Waals surface area contributed by atoms with Crippen LogP contribution in [0.5, 0.6) is 5.75 Å². The molecule has 0 aliphatic rings. The SMILES string of the molecule is COc1ccccc1C(NC(=O)Cn1nnc(-c2ccc(Cl)cc2)n1)c1nccn1C. The van der Waals surface area contributed by atoms with E-state index in [4.69, 9.17) is 16.3 Å². The first-order valence-corrected chi connectivity index (χ1v) is 9.86. The van der Waals surface area contributed by atoms with Gasteiger partial charge < -0.3 is 14.6 Å². The van der Waals surface area contributed by atoms with E-state index >= 15 is 0 Å². The summed E-state index contributed by atoms with van der Waals surface area (Å²) in [5, 5.41) is 15.9. The minimum absolute atomic E-state index is 0.101. The lowest BCUT2D eigenvalue weighted by Gasteiger charge is -2.21. The van der Waals surface area contributed by atoms with Gasteiger partial charge in [-0.3, -0.25) is 4.79 Å². The van der Waals surface area contributed by atoms with Crippen molar-refractivity contribution in [2.24, 2.45) is 7.05 Å². The molecule has 0 radical (unpaired) electrons. The topological polar surface area (TPSA) is 99.8 Å². The molecule has 0 aliphatic carbocycles. The Morgan fingerprint density at radius 3 is 2.68 bits per heavy atom. The van der Waals surface area contributed by atoms with Crippen molar-refractivity contribution >= 4 is 17.5 Å². The molecule has 0 fully saturated rings. The van der Waals surface area contributed by atoms with Gasteiger partial charge in [-0.1, -0.05) is 29.8 Å². The van der Waals surface area contributed by atoms with Crippen molar-refractivity contribution in [2.45, 2.75) is 12.6 Å². The largest absolute Gasteiger partial charge is 0.496 e. The van der Waals surface area contributed by atoms with Gasteiger partial charge in [0.2, 0.25) is 11.7 Å². The number of methoxy groups -OCH3 is 1. The number of imidazole rings is 1. The number of carbonyl (C=O) groups excluding carboxylic acids is 1. The number of nitrogens with one attached hydrogen (secondary N) is 1. The summed E-state index contributed by atoms with van der Waals surface area (Å²) in [6, 6.07) is 14.1. The summed E-state index contributed by atoms with van der Waals surface area (Å²) < 4.78 is 7.34. The van der Waals surface area contributed by atoms with Crippen molar-refractivity contribution < 1.29 is 9.53 Å². The maximum Gasteiger partial charge on any atom is 0.244 e. The number of aromatic nitrogens is 6. The molecule has 2 heterocycles. The van der Waals surface area contributed by atoms with Gasteiger partial charge in [-0.25, -0.2) is 4.98 Å². The Morgan fingerprint density at radius 1 is 1.19 bits per heavy atom. The molecule has 0 saturated heterocycles. The third-order valence-electron chi connectivity index (χ3n) is 4.71. The second-order valence-corrected chi connectivity index (χ2v) is 7.23. The molecule has 0 aliphatic heterocycles. The number of hydrogen-bond donors (Lipinski definition) is 1. The van der Waals surface area contributed by atoms with Gasteiger partial charge >= 0.3 is 0 Å². The van der Waals surface area contributed by atoms with Crippen molar-refractivity contribution in [1.29, 1.82) is 0 Å². The van der Waals surface area contributed by atoms with Gasteiger partial charge in [-0.2, -0.15) is 4.80 Å². The van der Waals surface area contributed by atoms with Crippen molar-refractivity contribution in [3.05, 3.63) is 77.3 Å². The molecule has 4 rings (SSSR count). The molecule has 0 spiro atoms. The van der Waals surface area contributed by atoms with Gasteiger partial charge in [-0.05, 0) is 35.5 Å². The van der Waals surface area contributed by atoms with Gasteiger partial charge in [0.15, 0.2) is 0 Å². The van der Waals surface area contributed by atoms with E-state index < -0.39 is 6.04 Å². The second-order valence-electron chi connectivity index (χ2n) is 6.79. The fraction of sp³-hybridized carbons (Fsp3) is 0.190. The van der Waals surface area contributed by atoms with E-state index in [-0.39, 0.29) is 12.5 Å². The third-order valence-corrected chi connectivity index (χ3v) is 4.96. The van der Waals surface area contributed by atoms with Crippen LogP contribution >= 0.6 is 11.6 Å². The smallest absolute Gasteiger partial charge is 0.244 e. The molecule has 9 nitrogen and oxygen atoms in total. The van der Waals surface area contributed by atoms with Crippen LogP contribution in [0.1, 0.15) is 17.4 Å². The predicted octanol–water partition coefficient (Wildman–Crippen LogP) is 2.64. The lowest BCUT2D eigenvalue weighted by atomic mass is 10.0. The van der Waals surface area contributed by atoms with Crippen LogP contribution < -0.4 is 10.1 Å².